The van der Waals surface area contributed by atoms with Crippen molar-refractivity contribution in [1.82, 2.24) is 5.32 Å². The number of fused-ring (bicyclic) bond motifs is 2. The molecule has 2 aromatic carbocycles. The minimum Gasteiger partial charge on any atom is -0.312 e. The average Bonchev–Trinajstić information content (AvgIpc) is 3.20. The molecule has 0 radical (unpaired) electrons. The van der Waals surface area contributed by atoms with Crippen molar-refractivity contribution in [2.24, 2.45) is 0 Å². The number of hydrogen-bond donors (Lipinski definition) is 1. The maximum absolute atomic E-state index is 14.3. The van der Waals surface area contributed by atoms with Gasteiger partial charge >= 0.3 is 0 Å². The Morgan fingerprint density at radius 1 is 0.913 bits per heavy atom. The van der Waals surface area contributed by atoms with E-state index in [2.05, 4.69) is 5.32 Å². The summed E-state index contributed by atoms with van der Waals surface area (Å²) in [6, 6.07) is 3.92. The molecule has 0 bridgehead atoms. The van der Waals surface area contributed by atoms with Crippen molar-refractivity contribution in [2.45, 2.75) is 24.8 Å². The zero-order chi connectivity index (χ0) is 15.5. The number of hydrogen-bond acceptors (Lipinski definition) is 1. The summed E-state index contributed by atoms with van der Waals surface area (Å²) in [7, 11) is 0. The third-order valence-corrected chi connectivity index (χ3v) is 4.69. The fraction of sp³-hybridized carbons (Fsp3) is 0.294. The quantitative estimate of drug-likeness (QED) is 0.753. The van der Waals surface area contributed by atoms with Gasteiger partial charge in [0, 0.05) is 36.2 Å². The first-order valence-electron chi connectivity index (χ1n) is 7.19. The number of benzene rings is 2. The van der Waals surface area contributed by atoms with Crippen molar-refractivity contribution in [3.63, 3.8) is 0 Å². The van der Waals surface area contributed by atoms with Crippen molar-refractivity contribution >= 4 is 12.4 Å². The zero-order valence-corrected chi connectivity index (χ0v) is 12.9. The predicted molar refractivity (Wildman–Crippen MR) is 81.6 cm³/mol. The van der Waals surface area contributed by atoms with E-state index in [-0.39, 0.29) is 29.2 Å². The third kappa shape index (κ3) is 2.42. The largest absolute Gasteiger partial charge is 0.312 e. The molecule has 2 aliphatic rings. The first-order valence-corrected chi connectivity index (χ1v) is 7.19. The number of nitrogens with one attached hydrogen (secondary N) is 1. The van der Waals surface area contributed by atoms with Gasteiger partial charge in [0.1, 0.15) is 23.3 Å². The lowest BCUT2D eigenvalue weighted by Gasteiger charge is -2.29. The normalized spacial score (nSPS) is 17.6. The molecule has 6 heteroatoms. The molecule has 122 valence electrons. The van der Waals surface area contributed by atoms with Gasteiger partial charge in [-0.25, -0.2) is 17.6 Å². The molecule has 4 rings (SSSR count). The zero-order valence-electron chi connectivity index (χ0n) is 12.1. The SMILES string of the molecule is Cl.Fc1cc(F)c(-c2ccc(F)c3c2CNCC32CC2)c(F)c1. The molecule has 1 spiro atoms. The Hall–Kier alpha value is -1.59. The highest BCUT2D eigenvalue weighted by Crippen LogP contribution is 2.53. The Bertz CT molecular complexity index is 763. The van der Waals surface area contributed by atoms with Gasteiger partial charge in [0.25, 0.3) is 0 Å². The maximum atomic E-state index is 14.3. The first kappa shape index (κ1) is 16.3. The summed E-state index contributed by atoms with van der Waals surface area (Å²) in [5.41, 5.74) is 0.891. The Morgan fingerprint density at radius 3 is 2.17 bits per heavy atom. The van der Waals surface area contributed by atoms with E-state index in [1.807, 2.05) is 0 Å². The molecule has 1 N–H and O–H groups in total. The van der Waals surface area contributed by atoms with Gasteiger partial charge in [-0.3, -0.25) is 0 Å². The fourth-order valence-corrected chi connectivity index (χ4v) is 3.50. The van der Waals surface area contributed by atoms with Gasteiger partial charge in [0.2, 0.25) is 0 Å². The molecule has 1 aliphatic carbocycles. The second kappa shape index (κ2) is 5.49. The summed E-state index contributed by atoms with van der Waals surface area (Å²) in [6.45, 7) is 1.02. The van der Waals surface area contributed by atoms with Crippen LogP contribution in [0.2, 0.25) is 0 Å². The smallest absolute Gasteiger partial charge is 0.136 e. The van der Waals surface area contributed by atoms with Gasteiger partial charge in [-0.2, -0.15) is 0 Å². The predicted octanol–water partition coefficient (Wildman–Crippen LogP) is 4.47. The first-order chi connectivity index (χ1) is 10.5. The van der Waals surface area contributed by atoms with Crippen LogP contribution in [0.5, 0.6) is 0 Å². The van der Waals surface area contributed by atoms with E-state index in [0.29, 0.717) is 41.9 Å². The monoisotopic (exact) mass is 343 g/mol. The summed E-state index contributed by atoms with van der Waals surface area (Å²) in [5, 5.41) is 3.20. The van der Waals surface area contributed by atoms with Crippen LogP contribution in [0.1, 0.15) is 24.0 Å². The van der Waals surface area contributed by atoms with E-state index >= 15 is 0 Å². The van der Waals surface area contributed by atoms with Gasteiger partial charge in [-0.1, -0.05) is 6.07 Å². The van der Waals surface area contributed by atoms with Crippen molar-refractivity contribution < 1.29 is 17.6 Å². The molecule has 2 aromatic rings. The van der Waals surface area contributed by atoms with Crippen LogP contribution >= 0.6 is 12.4 Å². The molecule has 0 aromatic heterocycles. The summed E-state index contributed by atoms with van der Waals surface area (Å²) in [5.74, 6) is -3.24. The van der Waals surface area contributed by atoms with Gasteiger partial charge in [0.05, 0.1) is 5.56 Å². The lowest BCUT2D eigenvalue weighted by molar-refractivity contribution is 0.491. The second-order valence-electron chi connectivity index (χ2n) is 6.08. The highest BCUT2D eigenvalue weighted by atomic mass is 35.5. The van der Waals surface area contributed by atoms with Gasteiger partial charge in [0.15, 0.2) is 0 Å². The van der Waals surface area contributed by atoms with Crippen molar-refractivity contribution in [2.75, 3.05) is 6.54 Å². The molecule has 0 unspecified atom stereocenters. The third-order valence-electron chi connectivity index (χ3n) is 4.69. The van der Waals surface area contributed by atoms with Crippen molar-refractivity contribution in [1.29, 1.82) is 0 Å². The van der Waals surface area contributed by atoms with Crippen LogP contribution in [0, 0.1) is 23.3 Å². The van der Waals surface area contributed by atoms with Crippen LogP contribution in [-0.2, 0) is 12.0 Å². The molecular weight excluding hydrogens is 330 g/mol. The maximum Gasteiger partial charge on any atom is 0.136 e. The minimum absolute atomic E-state index is 0. The molecule has 23 heavy (non-hydrogen) atoms. The van der Waals surface area contributed by atoms with Crippen LogP contribution in [-0.4, -0.2) is 6.54 Å². The van der Waals surface area contributed by atoms with Crippen molar-refractivity contribution in [3.8, 4) is 11.1 Å². The molecule has 1 nitrogen and oxygen atoms in total. The van der Waals surface area contributed by atoms with E-state index in [0.717, 1.165) is 12.8 Å². The average molecular weight is 344 g/mol. The van der Waals surface area contributed by atoms with E-state index in [9.17, 15) is 17.6 Å². The van der Waals surface area contributed by atoms with E-state index in [1.165, 1.54) is 12.1 Å². The molecule has 1 heterocycles. The lowest BCUT2D eigenvalue weighted by atomic mass is 9.83. The summed E-state index contributed by atoms with van der Waals surface area (Å²) in [6.07, 6.45) is 1.73. The number of rotatable bonds is 1. The van der Waals surface area contributed by atoms with Crippen molar-refractivity contribution in [3.05, 3.63) is 58.7 Å². The molecule has 0 atom stereocenters. The van der Waals surface area contributed by atoms with Crippen LogP contribution in [0.25, 0.3) is 11.1 Å². The molecule has 0 amide bonds. The lowest BCUT2D eigenvalue weighted by Crippen LogP contribution is -2.34. The Labute approximate surface area is 137 Å². The van der Waals surface area contributed by atoms with E-state index in [1.54, 1.807) is 0 Å². The van der Waals surface area contributed by atoms with E-state index in [4.69, 9.17) is 0 Å². The molecule has 1 aliphatic heterocycles. The van der Waals surface area contributed by atoms with Crippen LogP contribution < -0.4 is 5.32 Å². The Balaban J connectivity index is 0.00000156. The molecule has 1 saturated carbocycles. The van der Waals surface area contributed by atoms with Crippen LogP contribution in [0.3, 0.4) is 0 Å². The standard InChI is InChI=1S/C17H13F4N.ClH/c18-9-5-13(20)15(14(21)6-9)10-1-2-12(19)16-11(10)7-22-8-17(16)3-4-17;/h1-2,5-6,22H,3-4,7-8H2;1H. The van der Waals surface area contributed by atoms with E-state index < -0.39 is 17.5 Å². The summed E-state index contributed by atoms with van der Waals surface area (Å²) < 4.78 is 55.6. The second-order valence-corrected chi connectivity index (χ2v) is 6.08. The highest BCUT2D eigenvalue weighted by Gasteiger charge is 2.49. The van der Waals surface area contributed by atoms with Gasteiger partial charge in [-0.05, 0) is 30.0 Å². The Kier molecular flexibility index (Phi) is 3.89. The molecule has 0 saturated heterocycles. The minimum atomic E-state index is -0.971. The fourth-order valence-electron chi connectivity index (χ4n) is 3.50. The Morgan fingerprint density at radius 2 is 1.57 bits per heavy atom. The van der Waals surface area contributed by atoms with Gasteiger partial charge < -0.3 is 5.32 Å². The topological polar surface area (TPSA) is 12.0 Å². The number of halogens is 5. The van der Waals surface area contributed by atoms with Crippen LogP contribution in [0.4, 0.5) is 17.6 Å². The summed E-state index contributed by atoms with van der Waals surface area (Å²) in [4.78, 5) is 0. The van der Waals surface area contributed by atoms with Crippen LogP contribution in [0.15, 0.2) is 24.3 Å². The molecule has 1 fully saturated rings. The van der Waals surface area contributed by atoms with Gasteiger partial charge in [-0.15, -0.1) is 12.4 Å². The highest BCUT2D eigenvalue weighted by molar-refractivity contribution is 5.85. The summed E-state index contributed by atoms with van der Waals surface area (Å²) >= 11 is 0. The molecular formula is C17H14ClF4N.